The van der Waals surface area contributed by atoms with Gasteiger partial charge in [-0.3, -0.25) is 0 Å². The molecule has 3 heteroatoms. The van der Waals surface area contributed by atoms with Gasteiger partial charge in [0.15, 0.2) is 5.82 Å². The third kappa shape index (κ3) is 5.20. The largest absolute Gasteiger partial charge is 0.228 e. The van der Waals surface area contributed by atoms with Gasteiger partial charge >= 0.3 is 0 Å². The lowest BCUT2D eigenvalue weighted by Gasteiger charge is -2.11. The van der Waals surface area contributed by atoms with Crippen LogP contribution in [0, 0.1) is 0 Å². The topological polar surface area (TPSA) is 25.8 Å². The molecule has 0 fully saturated rings. The number of hydrogen-bond donors (Lipinski definition) is 0. The lowest BCUT2D eigenvalue weighted by atomic mass is 9.97. The van der Waals surface area contributed by atoms with Crippen molar-refractivity contribution in [1.82, 2.24) is 9.97 Å². The molecule has 1 aromatic heterocycles. The minimum Gasteiger partial charge on any atom is -0.228 e. The highest BCUT2D eigenvalue weighted by Gasteiger charge is 2.12. The summed E-state index contributed by atoms with van der Waals surface area (Å²) in [5.41, 5.74) is 9.67. The number of fused-ring (bicyclic) bond motifs is 1. The van der Waals surface area contributed by atoms with Crippen LogP contribution in [-0.2, 0) is 0 Å². The SMILES string of the molecule is Brc1ccc(-c2ccc(-c3cc(-c4ccc(-c5cccc6ccccc56)cc4)nc(-c4ccccc4)n3)cc2)cc1. The van der Waals surface area contributed by atoms with Gasteiger partial charge in [0, 0.05) is 21.2 Å². The van der Waals surface area contributed by atoms with Crippen molar-refractivity contribution < 1.29 is 0 Å². The quantitative estimate of drug-likeness (QED) is 0.200. The average molecular weight is 590 g/mol. The molecule has 0 aliphatic rings. The van der Waals surface area contributed by atoms with E-state index >= 15 is 0 Å². The molecule has 0 saturated carbocycles. The van der Waals surface area contributed by atoms with Crippen molar-refractivity contribution in [3.63, 3.8) is 0 Å². The Morgan fingerprint density at radius 2 is 0.902 bits per heavy atom. The van der Waals surface area contributed by atoms with Gasteiger partial charge in [0.05, 0.1) is 11.4 Å². The van der Waals surface area contributed by atoms with E-state index in [0.717, 1.165) is 32.6 Å². The Balaban J connectivity index is 1.28. The molecule has 0 atom stereocenters. The van der Waals surface area contributed by atoms with E-state index in [1.165, 1.54) is 33.0 Å². The summed E-state index contributed by atoms with van der Waals surface area (Å²) in [5, 5.41) is 2.50. The normalized spacial score (nSPS) is 11.0. The van der Waals surface area contributed by atoms with Gasteiger partial charge in [-0.15, -0.1) is 0 Å². The van der Waals surface area contributed by atoms with Crippen LogP contribution in [0.3, 0.4) is 0 Å². The maximum Gasteiger partial charge on any atom is 0.160 e. The molecule has 0 bridgehead atoms. The third-order valence-corrected chi connectivity index (χ3v) is 7.93. The van der Waals surface area contributed by atoms with E-state index in [-0.39, 0.29) is 0 Å². The zero-order chi connectivity index (χ0) is 27.6. The van der Waals surface area contributed by atoms with Crippen molar-refractivity contribution in [3.05, 3.63) is 156 Å². The van der Waals surface area contributed by atoms with E-state index in [1.54, 1.807) is 0 Å². The number of halogens is 1. The second-order valence-corrected chi connectivity index (χ2v) is 10.9. The van der Waals surface area contributed by atoms with Crippen molar-refractivity contribution in [2.24, 2.45) is 0 Å². The van der Waals surface area contributed by atoms with Gasteiger partial charge in [-0.1, -0.05) is 149 Å². The summed E-state index contributed by atoms with van der Waals surface area (Å²) in [6.45, 7) is 0. The molecular formula is C38H25BrN2. The van der Waals surface area contributed by atoms with Crippen LogP contribution in [-0.4, -0.2) is 9.97 Å². The van der Waals surface area contributed by atoms with Crippen LogP contribution in [0.5, 0.6) is 0 Å². The molecule has 194 valence electrons. The van der Waals surface area contributed by atoms with Gasteiger partial charge in [0.25, 0.3) is 0 Å². The molecule has 2 nitrogen and oxygen atoms in total. The number of nitrogens with zero attached hydrogens (tertiary/aromatic N) is 2. The molecule has 7 rings (SSSR count). The first-order valence-corrected chi connectivity index (χ1v) is 14.4. The minimum absolute atomic E-state index is 0.716. The zero-order valence-corrected chi connectivity index (χ0v) is 23.8. The zero-order valence-electron chi connectivity index (χ0n) is 22.2. The molecule has 7 aromatic rings. The van der Waals surface area contributed by atoms with E-state index < -0.39 is 0 Å². The molecule has 0 radical (unpaired) electrons. The van der Waals surface area contributed by atoms with Crippen LogP contribution >= 0.6 is 15.9 Å². The van der Waals surface area contributed by atoms with Gasteiger partial charge in [0.1, 0.15) is 0 Å². The lowest BCUT2D eigenvalue weighted by Crippen LogP contribution is -1.96. The van der Waals surface area contributed by atoms with Gasteiger partial charge in [-0.2, -0.15) is 0 Å². The molecule has 1 heterocycles. The maximum absolute atomic E-state index is 5.01. The summed E-state index contributed by atoms with van der Waals surface area (Å²) in [6, 6.07) is 52.9. The Bertz CT molecular complexity index is 1960. The van der Waals surface area contributed by atoms with Crippen molar-refractivity contribution in [2.75, 3.05) is 0 Å². The highest BCUT2D eigenvalue weighted by atomic mass is 79.9. The van der Waals surface area contributed by atoms with Gasteiger partial charge < -0.3 is 0 Å². The molecule has 6 aromatic carbocycles. The van der Waals surface area contributed by atoms with Gasteiger partial charge in [-0.05, 0) is 51.2 Å². The van der Waals surface area contributed by atoms with Crippen molar-refractivity contribution in [1.29, 1.82) is 0 Å². The van der Waals surface area contributed by atoms with Crippen molar-refractivity contribution >= 4 is 26.7 Å². The molecule has 0 aliphatic heterocycles. The molecule has 0 spiro atoms. The third-order valence-electron chi connectivity index (χ3n) is 7.40. The van der Waals surface area contributed by atoms with Crippen LogP contribution in [0.2, 0.25) is 0 Å². The van der Waals surface area contributed by atoms with E-state index in [9.17, 15) is 0 Å². The van der Waals surface area contributed by atoms with E-state index in [2.05, 4.69) is 149 Å². The predicted molar refractivity (Wildman–Crippen MR) is 174 cm³/mol. The van der Waals surface area contributed by atoms with Crippen LogP contribution in [0.15, 0.2) is 156 Å². The Kier molecular flexibility index (Phi) is 6.72. The summed E-state index contributed by atoms with van der Waals surface area (Å²) in [6.07, 6.45) is 0. The van der Waals surface area contributed by atoms with E-state index in [0.29, 0.717) is 5.82 Å². The molecule has 0 saturated heterocycles. The van der Waals surface area contributed by atoms with Crippen molar-refractivity contribution in [2.45, 2.75) is 0 Å². The highest BCUT2D eigenvalue weighted by molar-refractivity contribution is 9.10. The highest BCUT2D eigenvalue weighted by Crippen LogP contribution is 2.33. The first-order valence-electron chi connectivity index (χ1n) is 13.6. The number of benzene rings is 6. The van der Waals surface area contributed by atoms with E-state index in [4.69, 9.17) is 9.97 Å². The Morgan fingerprint density at radius 3 is 1.56 bits per heavy atom. The fraction of sp³-hybridized carbons (Fsp3) is 0. The fourth-order valence-corrected chi connectivity index (χ4v) is 5.50. The van der Waals surface area contributed by atoms with Crippen LogP contribution in [0.4, 0.5) is 0 Å². The van der Waals surface area contributed by atoms with E-state index in [1.807, 2.05) is 18.2 Å². The minimum atomic E-state index is 0.716. The average Bonchev–Trinajstić information content (AvgIpc) is 3.05. The molecule has 0 unspecified atom stereocenters. The summed E-state index contributed by atoms with van der Waals surface area (Å²) in [7, 11) is 0. The maximum atomic E-state index is 5.01. The van der Waals surface area contributed by atoms with Crippen molar-refractivity contribution in [3.8, 4) is 56.2 Å². The smallest absolute Gasteiger partial charge is 0.160 e. The van der Waals surface area contributed by atoms with Gasteiger partial charge in [0.2, 0.25) is 0 Å². The Labute approximate surface area is 248 Å². The van der Waals surface area contributed by atoms with Crippen LogP contribution in [0.25, 0.3) is 66.9 Å². The van der Waals surface area contributed by atoms with Crippen LogP contribution in [0.1, 0.15) is 0 Å². The first-order chi connectivity index (χ1) is 20.2. The molecule has 0 N–H and O–H groups in total. The standard InChI is InChI=1S/C38H25BrN2/c39-33-23-21-27(22-24-33)26-13-17-30(18-14-26)36-25-37(41-38(40-36)32-8-2-1-3-9-32)31-19-15-29(16-20-31)35-12-6-10-28-7-4-5-11-34(28)35/h1-25H. The lowest BCUT2D eigenvalue weighted by molar-refractivity contribution is 1.18. The van der Waals surface area contributed by atoms with Crippen LogP contribution < -0.4 is 0 Å². The molecule has 41 heavy (non-hydrogen) atoms. The number of hydrogen-bond acceptors (Lipinski definition) is 2. The fourth-order valence-electron chi connectivity index (χ4n) is 5.23. The number of aromatic nitrogens is 2. The predicted octanol–water partition coefficient (Wildman–Crippen LogP) is 10.7. The Hall–Kier alpha value is -4.86. The first kappa shape index (κ1) is 25.1. The summed E-state index contributed by atoms with van der Waals surface area (Å²) < 4.78 is 1.07. The Morgan fingerprint density at radius 1 is 0.390 bits per heavy atom. The molecule has 0 amide bonds. The summed E-state index contributed by atoms with van der Waals surface area (Å²) in [5.74, 6) is 0.716. The summed E-state index contributed by atoms with van der Waals surface area (Å²) >= 11 is 3.52. The second kappa shape index (κ2) is 11.0. The summed E-state index contributed by atoms with van der Waals surface area (Å²) in [4.78, 5) is 10.0. The molecular weight excluding hydrogens is 564 g/mol. The molecule has 0 aliphatic carbocycles. The number of rotatable bonds is 5. The monoisotopic (exact) mass is 588 g/mol. The van der Waals surface area contributed by atoms with Gasteiger partial charge in [-0.25, -0.2) is 9.97 Å². The second-order valence-electron chi connectivity index (χ2n) is 10.0.